The van der Waals surface area contributed by atoms with E-state index in [1.165, 1.54) is 501 Å². The Balaban J connectivity index is -0.000000164. The van der Waals surface area contributed by atoms with Gasteiger partial charge in [0, 0.05) is 99.2 Å². The van der Waals surface area contributed by atoms with Crippen LogP contribution >= 0.6 is 0 Å². The molecule has 0 aliphatic rings. The van der Waals surface area contributed by atoms with Crippen LogP contribution in [-0.4, -0.2) is 89.4 Å². The predicted molar refractivity (Wildman–Crippen MR) is 562 cm³/mol. The number of carboxylic acid groups (broad SMARTS) is 6. The van der Waals surface area contributed by atoms with Gasteiger partial charge in [0.05, 0.1) is 0 Å². The first-order valence-electron chi connectivity index (χ1n) is 57.4. The molecule has 0 radical (unpaired) electrons. The van der Waals surface area contributed by atoms with Crippen LogP contribution in [0, 0.1) is 0 Å². The molecule has 0 aliphatic carbocycles. The quantitative estimate of drug-likeness (QED) is 0.0208. The standard InChI is InChI=1S/6C18H36O2.C4H10O.C3H8O.Ti.Zr/c6*1-2-3-4-5-6-7-8-9-10-11-12-13-14-15-16-17-18(19)20;1-2-3-4-5;1-3(2)4;;/h6*2-17H2,1H3,(H,19,20);5H,2-4H2,1H3;3-4H,1-2H3;;. The second-order valence-corrected chi connectivity index (χ2v) is 38.7. The summed E-state index contributed by atoms with van der Waals surface area (Å²) in [6.07, 6.45) is 123. The van der Waals surface area contributed by atoms with E-state index in [0.717, 1.165) is 89.9 Å². The number of carboxylic acids is 6. The van der Waals surface area contributed by atoms with E-state index in [2.05, 4.69) is 48.5 Å². The van der Waals surface area contributed by atoms with Crippen LogP contribution in [0.5, 0.6) is 0 Å². The van der Waals surface area contributed by atoms with E-state index in [-0.39, 0.29) is 54.0 Å². The molecule has 0 aromatic carbocycles. The summed E-state index contributed by atoms with van der Waals surface area (Å²) in [6, 6.07) is 0. The third kappa shape index (κ3) is 196. The largest absolute Gasteiger partial charge is 0.481 e. The van der Waals surface area contributed by atoms with Gasteiger partial charge in [-0.3, -0.25) is 28.8 Å². The number of carbonyl (C=O) groups is 6. The Labute approximate surface area is 851 Å². The van der Waals surface area contributed by atoms with Gasteiger partial charge >= 0.3 is 35.8 Å². The van der Waals surface area contributed by atoms with Crippen LogP contribution in [0.25, 0.3) is 0 Å². The van der Waals surface area contributed by atoms with Gasteiger partial charge in [-0.15, -0.1) is 0 Å². The SMILES string of the molecule is CC(C)O.CCCCCCCCCCCCCCCCCC(=O)O.CCCCCCCCCCCCCCCCCC(=O)O.CCCCCCCCCCCCCCCCCC(=O)O.CCCCCCCCCCCCCCCCCC(=O)O.CCCCCCCCCCCCCCCCCC(=O)O.CCCCCCCCCCCCCCCCCC(=O)O.CCCCO.[Ti].[Zr]. The maximum atomic E-state index is 10.3. The van der Waals surface area contributed by atoms with Gasteiger partial charge in [0.1, 0.15) is 0 Å². The van der Waals surface area contributed by atoms with E-state index < -0.39 is 35.8 Å². The number of aliphatic hydroxyl groups is 2. The maximum absolute atomic E-state index is 10.3. The fourth-order valence-electron chi connectivity index (χ4n) is 16.0. The summed E-state index contributed by atoms with van der Waals surface area (Å²) in [7, 11) is 0. The molecule has 16 heteroatoms. The second-order valence-electron chi connectivity index (χ2n) is 38.7. The molecule has 0 saturated heterocycles. The number of rotatable bonds is 98. The molecule has 0 aliphatic heterocycles. The minimum absolute atomic E-state index is 0. The summed E-state index contributed by atoms with van der Waals surface area (Å²) >= 11 is 0. The molecule has 0 heterocycles. The Morgan fingerprint density at radius 1 is 0.153 bits per heavy atom. The van der Waals surface area contributed by atoms with Gasteiger partial charge in [0.25, 0.3) is 0 Å². The zero-order valence-electron chi connectivity index (χ0n) is 89.6. The van der Waals surface area contributed by atoms with Gasteiger partial charge in [-0.2, -0.15) is 0 Å². The fourth-order valence-corrected chi connectivity index (χ4v) is 16.0. The minimum Gasteiger partial charge on any atom is -0.481 e. The Bertz CT molecular complexity index is 1670. The fraction of sp³-hybridized carbons (Fsp3) is 0.948. The third-order valence-electron chi connectivity index (χ3n) is 24.5. The number of aliphatic hydroxyl groups excluding tert-OH is 2. The summed E-state index contributed by atoms with van der Waals surface area (Å²) in [5, 5.41) is 67.2. The van der Waals surface area contributed by atoms with Gasteiger partial charge in [0.15, 0.2) is 0 Å². The average molecular weight is 1980 g/mol. The zero-order chi connectivity index (χ0) is 97.0. The second kappa shape index (κ2) is 149. The first-order chi connectivity index (χ1) is 62.8. The molecule has 786 valence electrons. The van der Waals surface area contributed by atoms with E-state index >= 15 is 0 Å². The summed E-state index contributed by atoms with van der Waals surface area (Å²) in [6.45, 7) is 19.5. The molecule has 14 nitrogen and oxygen atoms in total. The summed E-state index contributed by atoms with van der Waals surface area (Å²) in [5.74, 6) is -3.92. The van der Waals surface area contributed by atoms with Gasteiger partial charge in [-0.25, -0.2) is 0 Å². The van der Waals surface area contributed by atoms with Crippen molar-refractivity contribution in [2.45, 2.75) is 698 Å². The first-order valence-corrected chi connectivity index (χ1v) is 57.4. The summed E-state index contributed by atoms with van der Waals surface area (Å²) in [4.78, 5) is 62.0. The van der Waals surface area contributed by atoms with E-state index in [1.54, 1.807) is 13.8 Å². The molecule has 0 aromatic heterocycles. The molecule has 0 amide bonds. The van der Waals surface area contributed by atoms with E-state index in [0.29, 0.717) is 45.1 Å². The first kappa shape index (κ1) is 150. The Morgan fingerprint density at radius 2 is 0.214 bits per heavy atom. The van der Waals surface area contributed by atoms with Crippen LogP contribution in [0.3, 0.4) is 0 Å². The molecule has 0 fully saturated rings. The van der Waals surface area contributed by atoms with Gasteiger partial charge in [-0.05, 0) is 58.8 Å². The summed E-state index contributed by atoms with van der Waals surface area (Å²) in [5.41, 5.74) is 0. The monoisotopic (exact) mass is 1980 g/mol. The van der Waals surface area contributed by atoms with Crippen molar-refractivity contribution in [1.29, 1.82) is 0 Å². The minimum atomic E-state index is -0.653. The molecule has 0 aromatic rings. The normalized spacial score (nSPS) is 10.5. The van der Waals surface area contributed by atoms with Crippen LogP contribution in [0.2, 0.25) is 0 Å². The molecule has 0 rings (SSSR count). The molecular formula is C115H234O14TiZr. The predicted octanol–water partition coefficient (Wildman–Crippen LogP) is 39.2. The van der Waals surface area contributed by atoms with Crippen molar-refractivity contribution in [3.05, 3.63) is 0 Å². The molecule has 0 unspecified atom stereocenters. The Kier molecular flexibility index (Phi) is 170. The van der Waals surface area contributed by atoms with Crippen LogP contribution in [0.1, 0.15) is 692 Å². The van der Waals surface area contributed by atoms with Gasteiger partial charge in [-0.1, -0.05) is 594 Å². The topological polar surface area (TPSA) is 264 Å². The molecule has 0 bridgehead atoms. The van der Waals surface area contributed by atoms with Crippen LogP contribution in [-0.2, 0) is 76.7 Å². The van der Waals surface area contributed by atoms with Crippen molar-refractivity contribution in [3.8, 4) is 0 Å². The van der Waals surface area contributed by atoms with Crippen LogP contribution < -0.4 is 0 Å². The van der Waals surface area contributed by atoms with Crippen LogP contribution in [0.4, 0.5) is 0 Å². The van der Waals surface area contributed by atoms with Gasteiger partial charge in [0.2, 0.25) is 0 Å². The van der Waals surface area contributed by atoms with Gasteiger partial charge < -0.3 is 40.9 Å². The van der Waals surface area contributed by atoms with Crippen LogP contribution in [0.15, 0.2) is 0 Å². The van der Waals surface area contributed by atoms with E-state index in [1.807, 2.05) is 0 Å². The number of hydrogen-bond donors (Lipinski definition) is 8. The van der Waals surface area contributed by atoms with Crippen molar-refractivity contribution in [3.63, 3.8) is 0 Å². The molecule has 0 spiro atoms. The van der Waals surface area contributed by atoms with Crippen molar-refractivity contribution < 1.29 is 118 Å². The van der Waals surface area contributed by atoms with Crippen molar-refractivity contribution in [1.82, 2.24) is 0 Å². The van der Waals surface area contributed by atoms with Crippen molar-refractivity contribution in [2.24, 2.45) is 0 Å². The van der Waals surface area contributed by atoms with Crippen molar-refractivity contribution in [2.75, 3.05) is 6.61 Å². The zero-order valence-corrected chi connectivity index (χ0v) is 93.6. The Hall–Kier alpha value is -1.66. The molecular weight excluding hydrogens is 1740 g/mol. The smallest absolute Gasteiger partial charge is 0.303 e. The molecule has 131 heavy (non-hydrogen) atoms. The van der Waals surface area contributed by atoms with E-state index in [9.17, 15) is 28.8 Å². The molecule has 8 N–H and O–H groups in total. The molecule has 0 saturated carbocycles. The number of aliphatic carboxylic acids is 6. The molecule has 0 atom stereocenters. The third-order valence-corrected chi connectivity index (χ3v) is 24.5. The van der Waals surface area contributed by atoms with E-state index in [4.69, 9.17) is 40.9 Å². The maximum Gasteiger partial charge on any atom is 0.303 e. The van der Waals surface area contributed by atoms with Crippen molar-refractivity contribution >= 4 is 35.8 Å². The summed E-state index contributed by atoms with van der Waals surface area (Å²) < 4.78 is 0. The number of unbranched alkanes of at least 4 members (excludes halogenated alkanes) is 85. The Morgan fingerprint density at radius 3 is 0.260 bits per heavy atom. The number of hydrogen-bond acceptors (Lipinski definition) is 8. The average Bonchev–Trinajstić information content (AvgIpc) is 1.11.